The van der Waals surface area contributed by atoms with E-state index in [0.29, 0.717) is 22.6 Å². The smallest absolute Gasteiger partial charge is 0.255 e. The summed E-state index contributed by atoms with van der Waals surface area (Å²) < 4.78 is 0. The number of piperazine rings is 2. The van der Waals surface area contributed by atoms with E-state index in [1.54, 1.807) is 19.1 Å². The lowest BCUT2D eigenvalue weighted by molar-refractivity contribution is -0.112. The van der Waals surface area contributed by atoms with Gasteiger partial charge in [-0.15, -0.1) is 0 Å². The molecule has 2 amide bonds. The Hall–Kier alpha value is -5.19. The van der Waals surface area contributed by atoms with Crippen LogP contribution in [0.25, 0.3) is 22.4 Å². The van der Waals surface area contributed by atoms with Gasteiger partial charge in [0.15, 0.2) is 0 Å². The number of nitrogens with one attached hydrogen (secondary N) is 3. The summed E-state index contributed by atoms with van der Waals surface area (Å²) in [5, 5.41) is 5.99. The summed E-state index contributed by atoms with van der Waals surface area (Å²) in [5.74, 6) is 0.337. The molecule has 48 heavy (non-hydrogen) atoms. The molecule has 1 aromatic heterocycles. The number of carbonyl (C=O) groups excluding carboxylic acids is 2. The number of aromatic amines is 1. The van der Waals surface area contributed by atoms with Gasteiger partial charge < -0.3 is 35.2 Å². The zero-order valence-corrected chi connectivity index (χ0v) is 28.0. The molecular formula is C38H44N8O2. The highest BCUT2D eigenvalue weighted by Gasteiger charge is 2.16. The van der Waals surface area contributed by atoms with Crippen molar-refractivity contribution in [3.8, 4) is 11.4 Å². The summed E-state index contributed by atoms with van der Waals surface area (Å²) in [6.07, 6.45) is 5.63. The predicted octanol–water partition coefficient (Wildman–Crippen LogP) is 5.44. The van der Waals surface area contributed by atoms with Crippen LogP contribution in [-0.4, -0.2) is 103 Å². The van der Waals surface area contributed by atoms with Crippen LogP contribution in [0.3, 0.4) is 0 Å². The maximum absolute atomic E-state index is 13.0. The van der Waals surface area contributed by atoms with Crippen molar-refractivity contribution in [1.29, 1.82) is 0 Å². The molecular weight excluding hydrogens is 600 g/mol. The van der Waals surface area contributed by atoms with Gasteiger partial charge in [0, 0.05) is 91.8 Å². The number of aromatic nitrogens is 2. The van der Waals surface area contributed by atoms with Crippen LogP contribution in [0.4, 0.5) is 17.1 Å². The molecule has 0 unspecified atom stereocenters. The van der Waals surface area contributed by atoms with Crippen LogP contribution in [0, 0.1) is 0 Å². The minimum Gasteiger partial charge on any atom is -0.369 e. The number of allylic oxidation sites excluding steroid dienone is 3. The molecule has 2 aliphatic rings. The lowest BCUT2D eigenvalue weighted by Gasteiger charge is -2.34. The van der Waals surface area contributed by atoms with Gasteiger partial charge >= 0.3 is 0 Å². The van der Waals surface area contributed by atoms with E-state index in [2.05, 4.69) is 68.0 Å². The molecule has 10 heteroatoms. The fourth-order valence-electron chi connectivity index (χ4n) is 5.91. The summed E-state index contributed by atoms with van der Waals surface area (Å²) in [6, 6.07) is 21.0. The maximum atomic E-state index is 13.0. The summed E-state index contributed by atoms with van der Waals surface area (Å²) in [5.41, 5.74) is 7.20. The molecule has 6 rings (SSSR count). The lowest BCUT2D eigenvalue weighted by Crippen LogP contribution is -2.44. The van der Waals surface area contributed by atoms with Crippen LogP contribution in [-0.2, 0) is 4.79 Å². The molecule has 0 atom stereocenters. The molecule has 2 aliphatic heterocycles. The Morgan fingerprint density at radius 2 is 1.44 bits per heavy atom. The first-order valence-electron chi connectivity index (χ1n) is 16.5. The molecule has 0 saturated carbocycles. The predicted molar refractivity (Wildman–Crippen MR) is 195 cm³/mol. The number of nitrogens with zero attached hydrogens (tertiary/aromatic N) is 5. The van der Waals surface area contributed by atoms with Crippen LogP contribution in [0.15, 0.2) is 103 Å². The summed E-state index contributed by atoms with van der Waals surface area (Å²) in [6.45, 7) is 13.7. The fraction of sp³-hybridized carbons (Fsp3) is 0.289. The minimum absolute atomic E-state index is 0.168. The molecule has 3 aromatic carbocycles. The van der Waals surface area contributed by atoms with Gasteiger partial charge in [0.2, 0.25) is 0 Å². The number of H-pyrrole nitrogens is 1. The van der Waals surface area contributed by atoms with Gasteiger partial charge in [0.05, 0.1) is 11.0 Å². The van der Waals surface area contributed by atoms with Crippen LogP contribution >= 0.6 is 0 Å². The van der Waals surface area contributed by atoms with Crippen molar-refractivity contribution in [1.82, 2.24) is 24.7 Å². The third-order valence-electron chi connectivity index (χ3n) is 9.09. The van der Waals surface area contributed by atoms with Gasteiger partial charge in [0.1, 0.15) is 5.82 Å². The van der Waals surface area contributed by atoms with Gasteiger partial charge in [-0.2, -0.15) is 0 Å². The molecule has 0 aliphatic carbocycles. The Balaban J connectivity index is 1.06. The van der Waals surface area contributed by atoms with E-state index in [0.717, 1.165) is 80.3 Å². The number of amides is 2. The van der Waals surface area contributed by atoms with Gasteiger partial charge in [-0.05, 0) is 87.8 Å². The van der Waals surface area contributed by atoms with E-state index < -0.39 is 0 Å². The zero-order valence-electron chi connectivity index (χ0n) is 28.0. The Bertz CT molecular complexity index is 1820. The third kappa shape index (κ3) is 7.84. The lowest BCUT2D eigenvalue weighted by atomic mass is 10.1. The summed E-state index contributed by atoms with van der Waals surface area (Å²) >= 11 is 0. The second kappa shape index (κ2) is 14.7. The fourth-order valence-corrected chi connectivity index (χ4v) is 5.91. The van der Waals surface area contributed by atoms with Gasteiger partial charge in [0.25, 0.3) is 11.8 Å². The first-order valence-corrected chi connectivity index (χ1v) is 16.5. The van der Waals surface area contributed by atoms with E-state index in [4.69, 9.17) is 4.98 Å². The number of carbonyl (C=O) groups is 2. The maximum Gasteiger partial charge on any atom is 0.255 e. The first kappa shape index (κ1) is 32.7. The molecule has 248 valence electrons. The van der Waals surface area contributed by atoms with E-state index in [9.17, 15) is 9.59 Å². The van der Waals surface area contributed by atoms with Crippen molar-refractivity contribution in [2.45, 2.75) is 6.92 Å². The van der Waals surface area contributed by atoms with Crippen molar-refractivity contribution >= 4 is 39.9 Å². The van der Waals surface area contributed by atoms with Crippen molar-refractivity contribution in [2.75, 3.05) is 82.0 Å². The van der Waals surface area contributed by atoms with Crippen LogP contribution in [0.1, 0.15) is 17.3 Å². The number of hydrogen-bond donors (Lipinski definition) is 3. The summed E-state index contributed by atoms with van der Waals surface area (Å²) in [4.78, 5) is 43.3. The highest BCUT2D eigenvalue weighted by molar-refractivity contribution is 6.05. The Kier molecular flexibility index (Phi) is 10.0. The van der Waals surface area contributed by atoms with E-state index >= 15 is 0 Å². The molecule has 3 N–H and O–H groups in total. The molecule has 2 fully saturated rings. The highest BCUT2D eigenvalue weighted by atomic mass is 16.2. The van der Waals surface area contributed by atoms with E-state index in [1.165, 1.54) is 5.69 Å². The molecule has 3 heterocycles. The monoisotopic (exact) mass is 644 g/mol. The first-order chi connectivity index (χ1) is 23.2. The van der Waals surface area contributed by atoms with E-state index in [-0.39, 0.29) is 11.8 Å². The number of fused-ring (bicyclic) bond motifs is 1. The Labute approximate surface area is 282 Å². The normalized spacial score (nSPS) is 16.6. The number of rotatable bonds is 9. The number of benzene rings is 3. The van der Waals surface area contributed by atoms with Gasteiger partial charge in [-0.1, -0.05) is 24.8 Å². The highest BCUT2D eigenvalue weighted by Crippen LogP contribution is 2.25. The molecule has 2 saturated heterocycles. The number of likely N-dealkylation sites (N-methyl/N-ethyl adjacent to an activating group) is 2. The van der Waals surface area contributed by atoms with Crippen LogP contribution in [0.2, 0.25) is 0 Å². The van der Waals surface area contributed by atoms with Gasteiger partial charge in [-0.25, -0.2) is 4.98 Å². The third-order valence-corrected chi connectivity index (χ3v) is 9.09. The van der Waals surface area contributed by atoms with Crippen molar-refractivity contribution in [3.05, 3.63) is 108 Å². The second-order valence-corrected chi connectivity index (χ2v) is 12.6. The largest absolute Gasteiger partial charge is 0.369 e. The topological polar surface area (TPSA) is 99.8 Å². The number of imidazole rings is 1. The van der Waals surface area contributed by atoms with Crippen molar-refractivity contribution < 1.29 is 9.59 Å². The quantitative estimate of drug-likeness (QED) is 0.165. The average Bonchev–Trinajstić information content (AvgIpc) is 3.53. The molecule has 10 nitrogen and oxygen atoms in total. The molecule has 0 spiro atoms. The SMILES string of the molecule is C=C/C(=C\C=C(/C)C(=O)Nc1ccc2[nH]c(-c3ccc(C(=O)Nc4ccc(N5CCN(C)CC5)cc4)cc3)nc2c1)N1CCN(C)CC1. The molecule has 0 bridgehead atoms. The summed E-state index contributed by atoms with van der Waals surface area (Å²) in [7, 11) is 4.27. The van der Waals surface area contributed by atoms with Gasteiger partial charge in [-0.3, -0.25) is 9.59 Å². The van der Waals surface area contributed by atoms with Crippen LogP contribution in [0.5, 0.6) is 0 Å². The Morgan fingerprint density at radius 1 is 0.792 bits per heavy atom. The van der Waals surface area contributed by atoms with Crippen molar-refractivity contribution in [3.63, 3.8) is 0 Å². The number of hydrogen-bond acceptors (Lipinski definition) is 7. The number of anilines is 3. The van der Waals surface area contributed by atoms with Crippen molar-refractivity contribution in [2.24, 2.45) is 0 Å². The molecule has 0 radical (unpaired) electrons. The zero-order chi connectivity index (χ0) is 33.6. The second-order valence-electron chi connectivity index (χ2n) is 12.6. The van der Waals surface area contributed by atoms with E-state index in [1.807, 2.05) is 60.7 Å². The standard InChI is InChI=1S/C38H44N8O2/c1-5-32(45-22-18-43(3)19-23-45)14-6-27(2)37(47)40-31-13-17-34-35(26-31)42-36(41-34)28-7-9-29(10-8-28)38(48)39-30-11-15-33(16-12-30)46-24-20-44(4)21-25-46/h5-17,26H,1,18-25H2,2-4H3,(H,39,48)(H,40,47)(H,41,42)/b27-6+,32-14+. The Morgan fingerprint density at radius 3 is 2.10 bits per heavy atom. The average molecular weight is 645 g/mol. The molecule has 4 aromatic rings. The minimum atomic E-state index is -0.178. The van der Waals surface area contributed by atoms with Crippen LogP contribution < -0.4 is 15.5 Å².